The van der Waals surface area contributed by atoms with Gasteiger partial charge in [0.15, 0.2) is 0 Å². The molecule has 1 amide bonds. The van der Waals surface area contributed by atoms with Crippen LogP contribution in [0.3, 0.4) is 0 Å². The molecule has 3 N–H and O–H groups in total. The van der Waals surface area contributed by atoms with Crippen LogP contribution < -0.4 is 10.6 Å². The van der Waals surface area contributed by atoms with Crippen LogP contribution in [-0.4, -0.2) is 42.0 Å². The first kappa shape index (κ1) is 15.6. The molecule has 2 fully saturated rings. The van der Waals surface area contributed by atoms with E-state index in [2.05, 4.69) is 24.5 Å². The van der Waals surface area contributed by atoms with Crippen LogP contribution in [0.15, 0.2) is 0 Å². The van der Waals surface area contributed by atoms with E-state index in [1.807, 2.05) is 0 Å². The van der Waals surface area contributed by atoms with E-state index in [1.54, 1.807) is 0 Å². The Kier molecular flexibility index (Phi) is 5.66. The van der Waals surface area contributed by atoms with E-state index in [1.165, 1.54) is 32.1 Å². The van der Waals surface area contributed by atoms with Gasteiger partial charge in [0, 0.05) is 12.1 Å². The number of carbonyl (C=O) groups is 1. The SMILES string of the molecule is CC(C)N[C@@H](CC1CCCCC1)[C@@H](O)[C@@H]1CNC(=O)O1. The molecule has 3 atom stereocenters. The zero-order valence-electron chi connectivity index (χ0n) is 12.6. The number of hydrogen-bond acceptors (Lipinski definition) is 4. The van der Waals surface area contributed by atoms with Gasteiger partial charge in [0.25, 0.3) is 0 Å². The highest BCUT2D eigenvalue weighted by Gasteiger charge is 2.36. The van der Waals surface area contributed by atoms with Crippen LogP contribution in [0.4, 0.5) is 4.79 Å². The van der Waals surface area contributed by atoms with Gasteiger partial charge in [0.1, 0.15) is 12.2 Å². The van der Waals surface area contributed by atoms with E-state index in [9.17, 15) is 9.90 Å². The predicted octanol–water partition coefficient (Wildman–Crippen LogP) is 1.79. The van der Waals surface area contributed by atoms with Gasteiger partial charge < -0.3 is 20.5 Å². The number of cyclic esters (lactones) is 1. The summed E-state index contributed by atoms with van der Waals surface area (Å²) in [6, 6.07) is 0.305. The van der Waals surface area contributed by atoms with Crippen molar-refractivity contribution in [1.29, 1.82) is 0 Å². The highest BCUT2D eigenvalue weighted by molar-refractivity contribution is 5.69. The lowest BCUT2D eigenvalue weighted by Crippen LogP contribution is -2.50. The number of aliphatic hydroxyl groups is 1. The maximum Gasteiger partial charge on any atom is 0.407 e. The van der Waals surface area contributed by atoms with E-state index >= 15 is 0 Å². The molecule has 2 rings (SSSR count). The van der Waals surface area contributed by atoms with E-state index in [-0.39, 0.29) is 6.04 Å². The van der Waals surface area contributed by atoms with E-state index in [0.29, 0.717) is 18.5 Å². The molecule has 1 saturated heterocycles. The highest BCUT2D eigenvalue weighted by Crippen LogP contribution is 2.29. The smallest absolute Gasteiger partial charge is 0.407 e. The standard InChI is InChI=1S/C15H28N2O3/c1-10(2)17-12(8-11-6-4-3-5-7-11)14(18)13-9-16-15(19)20-13/h10-14,17-18H,3-9H2,1-2H3,(H,16,19)/t12-,13-,14+/m0/s1. The molecule has 116 valence electrons. The number of hydrogen-bond donors (Lipinski definition) is 3. The summed E-state index contributed by atoms with van der Waals surface area (Å²) < 4.78 is 5.13. The molecule has 0 spiro atoms. The summed E-state index contributed by atoms with van der Waals surface area (Å²) in [5.41, 5.74) is 0. The van der Waals surface area contributed by atoms with Crippen LogP contribution >= 0.6 is 0 Å². The predicted molar refractivity (Wildman–Crippen MR) is 77.5 cm³/mol. The molecular weight excluding hydrogens is 256 g/mol. The van der Waals surface area contributed by atoms with Crippen molar-refractivity contribution in [2.24, 2.45) is 5.92 Å². The Hall–Kier alpha value is -0.810. The van der Waals surface area contributed by atoms with Gasteiger partial charge in [0.05, 0.1) is 6.54 Å². The van der Waals surface area contributed by atoms with Crippen LogP contribution in [0.2, 0.25) is 0 Å². The zero-order chi connectivity index (χ0) is 14.5. The maximum absolute atomic E-state index is 11.1. The normalized spacial score (nSPS) is 27.2. The van der Waals surface area contributed by atoms with Crippen LogP contribution in [0.25, 0.3) is 0 Å². The molecule has 0 unspecified atom stereocenters. The van der Waals surface area contributed by atoms with Crippen molar-refractivity contribution >= 4 is 6.09 Å². The largest absolute Gasteiger partial charge is 0.442 e. The first-order valence-electron chi connectivity index (χ1n) is 7.95. The van der Waals surface area contributed by atoms with Gasteiger partial charge in [-0.05, 0) is 12.3 Å². The Balaban J connectivity index is 1.92. The minimum absolute atomic E-state index is 0.00389. The Bertz CT molecular complexity index is 316. The maximum atomic E-state index is 11.1. The topological polar surface area (TPSA) is 70.6 Å². The number of alkyl carbamates (subject to hydrolysis) is 1. The molecule has 2 aliphatic rings. The van der Waals surface area contributed by atoms with Crippen LogP contribution in [0, 0.1) is 5.92 Å². The highest BCUT2D eigenvalue weighted by atomic mass is 16.6. The van der Waals surface area contributed by atoms with Gasteiger partial charge in [-0.15, -0.1) is 0 Å². The molecule has 0 bridgehead atoms. The second-order valence-electron chi connectivity index (χ2n) is 6.48. The van der Waals surface area contributed by atoms with Crippen molar-refractivity contribution in [2.45, 2.75) is 76.7 Å². The summed E-state index contributed by atoms with van der Waals surface area (Å²) in [6.45, 7) is 4.57. The van der Waals surface area contributed by atoms with Crippen molar-refractivity contribution in [1.82, 2.24) is 10.6 Å². The molecule has 0 aromatic carbocycles. The van der Waals surface area contributed by atoms with Gasteiger partial charge in [-0.2, -0.15) is 0 Å². The Labute approximate surface area is 121 Å². The van der Waals surface area contributed by atoms with Crippen LogP contribution in [0.1, 0.15) is 52.4 Å². The molecule has 20 heavy (non-hydrogen) atoms. The molecule has 0 aromatic rings. The minimum atomic E-state index is -0.640. The van der Waals surface area contributed by atoms with Crippen molar-refractivity contribution in [2.75, 3.05) is 6.54 Å². The third-order valence-corrected chi connectivity index (χ3v) is 4.36. The third-order valence-electron chi connectivity index (χ3n) is 4.36. The summed E-state index contributed by atoms with van der Waals surface area (Å²) in [6.07, 6.45) is 5.93. The van der Waals surface area contributed by atoms with E-state index in [4.69, 9.17) is 4.74 Å². The number of ether oxygens (including phenoxy) is 1. The molecule has 0 radical (unpaired) electrons. The minimum Gasteiger partial charge on any atom is -0.442 e. The van der Waals surface area contributed by atoms with Crippen molar-refractivity contribution in [3.63, 3.8) is 0 Å². The molecule has 5 heteroatoms. The number of nitrogens with one attached hydrogen (secondary N) is 2. The van der Waals surface area contributed by atoms with Gasteiger partial charge >= 0.3 is 6.09 Å². The molecule has 1 aliphatic carbocycles. The van der Waals surface area contributed by atoms with Crippen LogP contribution in [-0.2, 0) is 4.74 Å². The van der Waals surface area contributed by atoms with Crippen molar-refractivity contribution in [3.8, 4) is 0 Å². The monoisotopic (exact) mass is 284 g/mol. The summed E-state index contributed by atoms with van der Waals surface area (Å²) >= 11 is 0. The molecule has 1 aliphatic heterocycles. The second-order valence-corrected chi connectivity index (χ2v) is 6.48. The zero-order valence-corrected chi connectivity index (χ0v) is 12.6. The second kappa shape index (κ2) is 7.27. The fourth-order valence-corrected chi connectivity index (χ4v) is 3.37. The molecule has 1 heterocycles. The summed E-state index contributed by atoms with van der Waals surface area (Å²) in [7, 11) is 0. The lowest BCUT2D eigenvalue weighted by Gasteiger charge is -2.33. The number of rotatable bonds is 6. The van der Waals surface area contributed by atoms with E-state index in [0.717, 1.165) is 6.42 Å². The lowest BCUT2D eigenvalue weighted by molar-refractivity contribution is 0.00137. The number of amides is 1. The molecule has 0 aromatic heterocycles. The number of carbonyl (C=O) groups excluding carboxylic acids is 1. The first-order chi connectivity index (χ1) is 9.56. The first-order valence-corrected chi connectivity index (χ1v) is 7.95. The van der Waals surface area contributed by atoms with Crippen molar-refractivity contribution < 1.29 is 14.6 Å². The third kappa shape index (κ3) is 4.35. The van der Waals surface area contributed by atoms with Gasteiger partial charge in [0.2, 0.25) is 0 Å². The average molecular weight is 284 g/mol. The number of aliphatic hydroxyl groups excluding tert-OH is 1. The summed E-state index contributed by atoms with van der Waals surface area (Å²) in [5, 5.41) is 16.6. The van der Waals surface area contributed by atoms with Gasteiger partial charge in [-0.1, -0.05) is 46.0 Å². The van der Waals surface area contributed by atoms with Gasteiger partial charge in [-0.3, -0.25) is 0 Å². The quantitative estimate of drug-likeness (QED) is 0.695. The summed E-state index contributed by atoms with van der Waals surface area (Å²) in [5.74, 6) is 0.680. The fraction of sp³-hybridized carbons (Fsp3) is 0.933. The Morgan fingerprint density at radius 1 is 1.35 bits per heavy atom. The average Bonchev–Trinajstić information content (AvgIpc) is 2.84. The fourth-order valence-electron chi connectivity index (χ4n) is 3.37. The molecule has 5 nitrogen and oxygen atoms in total. The van der Waals surface area contributed by atoms with Crippen molar-refractivity contribution in [3.05, 3.63) is 0 Å². The Morgan fingerprint density at radius 2 is 2.05 bits per heavy atom. The van der Waals surface area contributed by atoms with Crippen LogP contribution in [0.5, 0.6) is 0 Å². The lowest BCUT2D eigenvalue weighted by atomic mass is 9.83. The summed E-state index contributed by atoms with van der Waals surface area (Å²) in [4.78, 5) is 11.1. The Morgan fingerprint density at radius 3 is 2.60 bits per heavy atom. The van der Waals surface area contributed by atoms with E-state index < -0.39 is 18.3 Å². The molecule has 1 saturated carbocycles. The van der Waals surface area contributed by atoms with Gasteiger partial charge in [-0.25, -0.2) is 4.79 Å². The molecular formula is C15H28N2O3.